The number of methoxy groups -OCH3 is 2. The number of carbonyl (C=O) groups is 1. The van der Waals surface area contributed by atoms with Gasteiger partial charge in [-0.15, -0.1) is 0 Å². The topological polar surface area (TPSA) is 74.2 Å². The van der Waals surface area contributed by atoms with Crippen molar-refractivity contribution in [3.63, 3.8) is 0 Å². The smallest absolute Gasteiger partial charge is 0.206 e. The van der Waals surface area contributed by atoms with Crippen molar-refractivity contribution >= 4 is 5.78 Å². The summed E-state index contributed by atoms with van der Waals surface area (Å²) >= 11 is 0. The highest BCUT2D eigenvalue weighted by Crippen LogP contribution is 2.51. The van der Waals surface area contributed by atoms with Crippen LogP contribution in [0.25, 0.3) is 0 Å². The Morgan fingerprint density at radius 1 is 1.00 bits per heavy atom. The van der Waals surface area contributed by atoms with Gasteiger partial charge in [-0.2, -0.15) is 4.89 Å². The number of Topliss-reactive ketones (excluding diaryl/α,β-unsaturated/α-hetero) is 1. The van der Waals surface area contributed by atoms with Gasteiger partial charge in [0.05, 0.1) is 20.1 Å². The van der Waals surface area contributed by atoms with E-state index >= 15 is 0 Å². The molecule has 3 rings (SSSR count). The molecular weight excluding hydrogens is 348 g/mol. The Hall–Kier alpha value is -2.41. The highest BCUT2D eigenvalue weighted by Gasteiger charge is 2.54. The average Bonchev–Trinajstić information content (AvgIpc) is 2.68. The van der Waals surface area contributed by atoms with Gasteiger partial charge < -0.3 is 14.6 Å². The predicted octanol–water partition coefficient (Wildman–Crippen LogP) is 3.21. The summed E-state index contributed by atoms with van der Waals surface area (Å²) in [6.45, 7) is 2.86. The lowest BCUT2D eigenvalue weighted by Crippen LogP contribution is -2.53. The molecule has 0 saturated carbocycles. The van der Waals surface area contributed by atoms with Crippen LogP contribution in [0.5, 0.6) is 11.5 Å². The third-order valence-corrected chi connectivity index (χ3v) is 5.07. The van der Waals surface area contributed by atoms with Gasteiger partial charge in [-0.1, -0.05) is 36.4 Å². The van der Waals surface area contributed by atoms with Crippen LogP contribution in [0.4, 0.5) is 0 Å². The number of para-hydroxylation sites is 2. The highest BCUT2D eigenvalue weighted by atomic mass is 17.2. The van der Waals surface area contributed by atoms with Crippen molar-refractivity contribution in [1.82, 2.24) is 0 Å². The monoisotopic (exact) mass is 372 g/mol. The van der Waals surface area contributed by atoms with Crippen molar-refractivity contribution in [2.75, 3.05) is 14.2 Å². The summed E-state index contributed by atoms with van der Waals surface area (Å²) in [5.74, 6) is -1.58. The van der Waals surface area contributed by atoms with Gasteiger partial charge in [0.15, 0.2) is 5.60 Å². The van der Waals surface area contributed by atoms with Crippen LogP contribution in [-0.2, 0) is 20.2 Å². The maximum Gasteiger partial charge on any atom is 0.206 e. The van der Waals surface area contributed by atoms with Gasteiger partial charge in [0.25, 0.3) is 0 Å². The van der Waals surface area contributed by atoms with Crippen LogP contribution in [0.1, 0.15) is 31.4 Å². The molecular formula is C21H24O6. The first-order valence-corrected chi connectivity index (χ1v) is 8.72. The van der Waals surface area contributed by atoms with Gasteiger partial charge in [-0.05, 0) is 26.0 Å². The summed E-state index contributed by atoms with van der Waals surface area (Å²) in [5.41, 5.74) is 0.162. The number of carbonyl (C=O) groups excluding carboxylic acids is 1. The van der Waals surface area contributed by atoms with Crippen LogP contribution in [-0.4, -0.2) is 30.9 Å². The van der Waals surface area contributed by atoms with E-state index in [1.807, 2.05) is 48.5 Å². The number of rotatable bonds is 5. The van der Waals surface area contributed by atoms with Gasteiger partial charge in [-0.3, -0.25) is 4.79 Å². The van der Waals surface area contributed by atoms with E-state index in [2.05, 4.69) is 0 Å². The second-order valence-corrected chi connectivity index (χ2v) is 6.82. The maximum absolute atomic E-state index is 12.3. The van der Waals surface area contributed by atoms with Crippen molar-refractivity contribution in [3.8, 4) is 11.5 Å². The van der Waals surface area contributed by atoms with Gasteiger partial charge in [0, 0.05) is 17.5 Å². The molecule has 1 aliphatic rings. The zero-order valence-corrected chi connectivity index (χ0v) is 15.9. The quantitative estimate of drug-likeness (QED) is 0.813. The molecule has 1 saturated heterocycles. The van der Waals surface area contributed by atoms with Gasteiger partial charge >= 0.3 is 0 Å². The Kier molecular flexibility index (Phi) is 5.24. The number of aliphatic hydroxyl groups is 1. The lowest BCUT2D eigenvalue weighted by molar-refractivity contribution is -0.488. The van der Waals surface area contributed by atoms with E-state index in [0.29, 0.717) is 22.6 Å². The van der Waals surface area contributed by atoms with E-state index in [1.165, 1.54) is 13.8 Å². The first-order valence-electron chi connectivity index (χ1n) is 8.72. The Bertz CT molecular complexity index is 781. The molecule has 1 heterocycles. The lowest BCUT2D eigenvalue weighted by atomic mass is 9.74. The second-order valence-electron chi connectivity index (χ2n) is 6.82. The molecule has 2 aromatic carbocycles. The summed E-state index contributed by atoms with van der Waals surface area (Å²) in [6.07, 6.45) is 0.163. The van der Waals surface area contributed by atoms with Gasteiger partial charge in [0.1, 0.15) is 17.3 Å². The first-order chi connectivity index (χ1) is 12.9. The fraction of sp³-hybridized carbons (Fsp3) is 0.381. The van der Waals surface area contributed by atoms with Crippen LogP contribution in [0.2, 0.25) is 0 Å². The van der Waals surface area contributed by atoms with Crippen LogP contribution < -0.4 is 9.47 Å². The van der Waals surface area contributed by atoms with Crippen LogP contribution in [0, 0.1) is 5.92 Å². The summed E-state index contributed by atoms with van der Waals surface area (Å²) < 4.78 is 11.1. The third-order valence-electron chi connectivity index (χ3n) is 5.07. The molecule has 6 heteroatoms. The van der Waals surface area contributed by atoms with E-state index in [-0.39, 0.29) is 12.2 Å². The molecule has 144 valence electrons. The van der Waals surface area contributed by atoms with Crippen molar-refractivity contribution in [3.05, 3.63) is 59.7 Å². The van der Waals surface area contributed by atoms with Crippen molar-refractivity contribution in [2.24, 2.45) is 5.92 Å². The molecule has 0 spiro atoms. The Morgan fingerprint density at radius 3 is 1.93 bits per heavy atom. The first kappa shape index (κ1) is 19.4. The second kappa shape index (κ2) is 7.31. The normalized spacial score (nSPS) is 24.3. The molecule has 2 aromatic rings. The molecule has 2 unspecified atom stereocenters. The van der Waals surface area contributed by atoms with E-state index in [4.69, 9.17) is 19.2 Å². The minimum atomic E-state index is -1.74. The molecule has 0 amide bonds. The summed E-state index contributed by atoms with van der Waals surface area (Å²) in [5, 5.41) is 10.6. The Morgan fingerprint density at radius 2 is 1.48 bits per heavy atom. The van der Waals surface area contributed by atoms with E-state index < -0.39 is 17.3 Å². The SMILES string of the molecule is COc1ccccc1C1(c2ccccc2OC)CC(C(C)=O)C(C)(O)OO1. The van der Waals surface area contributed by atoms with E-state index in [0.717, 1.165) is 0 Å². The summed E-state index contributed by atoms with van der Waals surface area (Å²) in [4.78, 5) is 23.6. The standard InChI is InChI=1S/C21H24O6/c1-14(22)17-13-21(27-26-20(17,2)23,15-9-5-7-11-18(15)24-3)16-10-6-8-12-19(16)25-4/h5-12,17,23H,13H2,1-4H3. The average molecular weight is 372 g/mol. The summed E-state index contributed by atoms with van der Waals surface area (Å²) in [7, 11) is 3.13. The third kappa shape index (κ3) is 3.32. The zero-order valence-electron chi connectivity index (χ0n) is 15.9. The highest BCUT2D eigenvalue weighted by molar-refractivity contribution is 5.79. The molecule has 0 aromatic heterocycles. The Labute approximate surface area is 158 Å². The maximum atomic E-state index is 12.3. The number of ether oxygens (including phenoxy) is 2. The number of hydrogen-bond acceptors (Lipinski definition) is 6. The number of benzene rings is 2. The molecule has 0 radical (unpaired) electrons. The van der Waals surface area contributed by atoms with E-state index in [9.17, 15) is 9.90 Å². The van der Waals surface area contributed by atoms with Crippen molar-refractivity contribution < 1.29 is 29.1 Å². The van der Waals surface area contributed by atoms with Crippen LogP contribution in [0.3, 0.4) is 0 Å². The molecule has 1 fully saturated rings. The summed E-state index contributed by atoms with van der Waals surface area (Å²) in [6, 6.07) is 14.7. The molecule has 6 nitrogen and oxygen atoms in total. The van der Waals surface area contributed by atoms with Crippen LogP contribution >= 0.6 is 0 Å². The Balaban J connectivity index is 2.27. The largest absolute Gasteiger partial charge is 0.496 e. The van der Waals surface area contributed by atoms with Gasteiger partial charge in [-0.25, -0.2) is 4.89 Å². The predicted molar refractivity (Wildman–Crippen MR) is 98.3 cm³/mol. The van der Waals surface area contributed by atoms with Gasteiger partial charge in [0.2, 0.25) is 5.79 Å². The molecule has 0 bridgehead atoms. The number of hydrogen-bond donors (Lipinski definition) is 1. The van der Waals surface area contributed by atoms with Crippen molar-refractivity contribution in [2.45, 2.75) is 31.7 Å². The zero-order chi connectivity index (χ0) is 19.7. The number of ketones is 1. The minimum Gasteiger partial charge on any atom is -0.496 e. The molecule has 1 N–H and O–H groups in total. The fourth-order valence-electron chi connectivity index (χ4n) is 3.66. The molecule has 0 aliphatic carbocycles. The molecule has 27 heavy (non-hydrogen) atoms. The van der Waals surface area contributed by atoms with Crippen molar-refractivity contribution in [1.29, 1.82) is 0 Å². The lowest BCUT2D eigenvalue weighted by Gasteiger charge is -2.46. The van der Waals surface area contributed by atoms with E-state index in [1.54, 1.807) is 14.2 Å². The fourth-order valence-corrected chi connectivity index (χ4v) is 3.66. The molecule has 1 aliphatic heterocycles. The minimum absolute atomic E-state index is 0.163. The van der Waals surface area contributed by atoms with Crippen LogP contribution in [0.15, 0.2) is 48.5 Å². The molecule has 2 atom stereocenters.